The zero-order valence-electron chi connectivity index (χ0n) is 10.4. The molecule has 1 atom stereocenters. The Kier molecular flexibility index (Phi) is 2.98. The van der Waals surface area contributed by atoms with Crippen LogP contribution in [0.4, 0.5) is 0 Å². The standard InChI is InChI=1S/C14H12N2O2S/c1-8-16-11-5-4-10(13(18)14(11)19-8)12(17)9-3-2-6-15-7-9/h2-3,6-7,10H,4-5H2,1H3. The molecule has 0 saturated heterocycles. The predicted octanol–water partition coefficient (Wildman–Crippen LogP) is 2.47. The molecule has 1 aliphatic rings. The number of aromatic nitrogens is 2. The van der Waals surface area contributed by atoms with Crippen molar-refractivity contribution in [3.05, 3.63) is 45.7 Å². The maximum Gasteiger partial charge on any atom is 0.185 e. The Bertz CT molecular complexity index is 649. The summed E-state index contributed by atoms with van der Waals surface area (Å²) in [5.41, 5.74) is 1.35. The average molecular weight is 272 g/mol. The number of hydrogen-bond acceptors (Lipinski definition) is 5. The van der Waals surface area contributed by atoms with Crippen molar-refractivity contribution < 1.29 is 9.59 Å². The number of nitrogens with zero attached hydrogens (tertiary/aromatic N) is 2. The maximum atomic E-state index is 12.4. The topological polar surface area (TPSA) is 59.9 Å². The van der Waals surface area contributed by atoms with Crippen molar-refractivity contribution in [3.63, 3.8) is 0 Å². The summed E-state index contributed by atoms with van der Waals surface area (Å²) in [6.45, 7) is 1.88. The van der Waals surface area contributed by atoms with E-state index in [1.54, 1.807) is 18.3 Å². The van der Waals surface area contributed by atoms with Crippen molar-refractivity contribution in [1.29, 1.82) is 0 Å². The van der Waals surface area contributed by atoms with Gasteiger partial charge in [0.25, 0.3) is 0 Å². The van der Waals surface area contributed by atoms with E-state index in [1.165, 1.54) is 17.5 Å². The number of pyridine rings is 1. The van der Waals surface area contributed by atoms with Gasteiger partial charge < -0.3 is 0 Å². The van der Waals surface area contributed by atoms with E-state index in [2.05, 4.69) is 9.97 Å². The Labute approximate surface area is 114 Å². The molecule has 1 unspecified atom stereocenters. The van der Waals surface area contributed by atoms with E-state index in [1.807, 2.05) is 6.92 Å². The molecule has 0 saturated carbocycles. The van der Waals surface area contributed by atoms with Gasteiger partial charge in [0.15, 0.2) is 11.6 Å². The summed E-state index contributed by atoms with van der Waals surface area (Å²) in [5.74, 6) is -0.785. The zero-order chi connectivity index (χ0) is 13.4. The van der Waals surface area contributed by atoms with Crippen LogP contribution in [0.3, 0.4) is 0 Å². The lowest BCUT2D eigenvalue weighted by Crippen LogP contribution is -2.28. The molecule has 2 heterocycles. The Balaban J connectivity index is 1.92. The SMILES string of the molecule is Cc1nc2c(s1)C(=O)C(C(=O)c1cccnc1)CC2. The predicted molar refractivity (Wildman–Crippen MR) is 71.6 cm³/mol. The van der Waals surface area contributed by atoms with Gasteiger partial charge >= 0.3 is 0 Å². The van der Waals surface area contributed by atoms with E-state index in [0.29, 0.717) is 23.3 Å². The molecule has 19 heavy (non-hydrogen) atoms. The smallest absolute Gasteiger partial charge is 0.185 e. The van der Waals surface area contributed by atoms with Crippen LogP contribution in [0.1, 0.15) is 37.2 Å². The number of Topliss-reactive ketones (excluding diaryl/α,β-unsaturated/α-hetero) is 2. The highest BCUT2D eigenvalue weighted by molar-refractivity contribution is 7.13. The molecule has 2 aromatic heterocycles. The van der Waals surface area contributed by atoms with Crippen molar-refractivity contribution in [1.82, 2.24) is 9.97 Å². The molecule has 1 aliphatic carbocycles. The number of carbonyl (C=O) groups is 2. The van der Waals surface area contributed by atoms with Gasteiger partial charge in [0.2, 0.25) is 0 Å². The molecule has 0 bridgehead atoms. The molecule has 0 aliphatic heterocycles. The number of fused-ring (bicyclic) bond motifs is 1. The summed E-state index contributed by atoms with van der Waals surface area (Å²) < 4.78 is 0. The first-order valence-electron chi connectivity index (χ1n) is 6.11. The Hall–Kier alpha value is -1.88. The van der Waals surface area contributed by atoms with Crippen molar-refractivity contribution in [2.24, 2.45) is 5.92 Å². The van der Waals surface area contributed by atoms with E-state index in [9.17, 15) is 9.59 Å². The van der Waals surface area contributed by atoms with Gasteiger partial charge in [0, 0.05) is 18.0 Å². The number of thiazole rings is 1. The van der Waals surface area contributed by atoms with Gasteiger partial charge in [-0.25, -0.2) is 4.98 Å². The van der Waals surface area contributed by atoms with Gasteiger partial charge in [-0.15, -0.1) is 11.3 Å². The van der Waals surface area contributed by atoms with Crippen LogP contribution in [-0.2, 0) is 6.42 Å². The Morgan fingerprint density at radius 2 is 2.32 bits per heavy atom. The van der Waals surface area contributed by atoms with Gasteiger partial charge in [-0.05, 0) is 31.9 Å². The van der Waals surface area contributed by atoms with Gasteiger partial charge in [-0.3, -0.25) is 14.6 Å². The minimum Gasteiger partial charge on any atom is -0.293 e. The first-order chi connectivity index (χ1) is 9.16. The molecule has 0 aromatic carbocycles. The second-order valence-electron chi connectivity index (χ2n) is 4.57. The Morgan fingerprint density at radius 3 is 3.05 bits per heavy atom. The van der Waals surface area contributed by atoms with Crippen LogP contribution >= 0.6 is 11.3 Å². The molecule has 3 rings (SSSR count). The van der Waals surface area contributed by atoms with Crippen LogP contribution < -0.4 is 0 Å². The summed E-state index contributed by atoms with van der Waals surface area (Å²) in [4.78, 5) is 33.7. The van der Waals surface area contributed by atoms with Crippen molar-refractivity contribution in [2.45, 2.75) is 19.8 Å². The minimum absolute atomic E-state index is 0.0827. The van der Waals surface area contributed by atoms with Crippen LogP contribution in [0.25, 0.3) is 0 Å². The fraction of sp³-hybridized carbons (Fsp3) is 0.286. The largest absolute Gasteiger partial charge is 0.293 e. The zero-order valence-corrected chi connectivity index (χ0v) is 11.2. The van der Waals surface area contributed by atoms with E-state index in [4.69, 9.17) is 0 Å². The third-order valence-corrected chi connectivity index (χ3v) is 4.30. The van der Waals surface area contributed by atoms with Crippen molar-refractivity contribution in [2.75, 3.05) is 0 Å². The molecule has 4 nitrogen and oxygen atoms in total. The lowest BCUT2D eigenvalue weighted by Gasteiger charge is -2.18. The molecule has 0 N–H and O–H groups in total. The average Bonchev–Trinajstić information content (AvgIpc) is 2.81. The molecular formula is C14H12N2O2S. The van der Waals surface area contributed by atoms with Gasteiger partial charge in [0.1, 0.15) is 0 Å². The number of rotatable bonds is 2. The second-order valence-corrected chi connectivity index (χ2v) is 5.77. The molecule has 0 radical (unpaired) electrons. The van der Waals surface area contributed by atoms with E-state index in [0.717, 1.165) is 10.7 Å². The number of carbonyl (C=O) groups excluding carboxylic acids is 2. The van der Waals surface area contributed by atoms with Crippen LogP contribution in [0.5, 0.6) is 0 Å². The lowest BCUT2D eigenvalue weighted by molar-refractivity contribution is 0.0793. The highest BCUT2D eigenvalue weighted by atomic mass is 32.1. The van der Waals surface area contributed by atoms with E-state index >= 15 is 0 Å². The van der Waals surface area contributed by atoms with E-state index in [-0.39, 0.29) is 11.6 Å². The molecular weight excluding hydrogens is 260 g/mol. The van der Waals surface area contributed by atoms with Crippen LogP contribution in [0.2, 0.25) is 0 Å². The normalized spacial score (nSPS) is 18.2. The summed E-state index contributed by atoms with van der Waals surface area (Å²) in [6, 6.07) is 3.42. The molecule has 5 heteroatoms. The highest BCUT2D eigenvalue weighted by Crippen LogP contribution is 2.31. The Morgan fingerprint density at radius 1 is 1.47 bits per heavy atom. The molecule has 0 spiro atoms. The quantitative estimate of drug-likeness (QED) is 0.622. The maximum absolute atomic E-state index is 12.4. The molecule has 0 fully saturated rings. The van der Waals surface area contributed by atoms with Gasteiger partial charge in [-0.2, -0.15) is 0 Å². The molecule has 96 valence electrons. The van der Waals surface area contributed by atoms with Gasteiger partial charge in [-0.1, -0.05) is 0 Å². The number of ketones is 2. The number of hydrogen-bond donors (Lipinski definition) is 0. The van der Waals surface area contributed by atoms with Crippen LogP contribution in [-0.4, -0.2) is 21.5 Å². The fourth-order valence-electron chi connectivity index (χ4n) is 2.36. The second kappa shape index (κ2) is 4.66. The first kappa shape index (κ1) is 12.2. The highest BCUT2D eigenvalue weighted by Gasteiger charge is 2.35. The summed E-state index contributed by atoms with van der Waals surface area (Å²) >= 11 is 1.39. The third kappa shape index (κ3) is 2.10. The van der Waals surface area contributed by atoms with Crippen LogP contribution in [0, 0.1) is 12.8 Å². The molecule has 0 amide bonds. The van der Waals surface area contributed by atoms with Crippen LogP contribution in [0.15, 0.2) is 24.5 Å². The number of aryl methyl sites for hydroxylation is 2. The summed E-state index contributed by atoms with van der Waals surface area (Å²) in [5, 5.41) is 0.882. The van der Waals surface area contributed by atoms with E-state index < -0.39 is 5.92 Å². The van der Waals surface area contributed by atoms with Crippen molar-refractivity contribution >= 4 is 22.9 Å². The monoisotopic (exact) mass is 272 g/mol. The third-order valence-electron chi connectivity index (χ3n) is 3.28. The van der Waals surface area contributed by atoms with Gasteiger partial charge in [0.05, 0.1) is 21.5 Å². The fourth-order valence-corrected chi connectivity index (χ4v) is 3.32. The summed E-state index contributed by atoms with van der Waals surface area (Å²) in [7, 11) is 0. The first-order valence-corrected chi connectivity index (χ1v) is 6.93. The summed E-state index contributed by atoms with van der Waals surface area (Å²) in [6.07, 6.45) is 4.37. The minimum atomic E-state index is -0.573. The molecule has 2 aromatic rings. The lowest BCUT2D eigenvalue weighted by atomic mass is 9.84. The van der Waals surface area contributed by atoms with Crippen molar-refractivity contribution in [3.8, 4) is 0 Å².